The number of likely N-dealkylation sites (tertiary alicyclic amines) is 2. The average molecular weight is 454 g/mol. The zero-order chi connectivity index (χ0) is 23.3. The lowest BCUT2D eigenvalue weighted by Crippen LogP contribution is -2.45. The number of carbonyl (C=O) groups is 2. The highest BCUT2D eigenvalue weighted by molar-refractivity contribution is 5.81. The van der Waals surface area contributed by atoms with Crippen LogP contribution in [0.15, 0.2) is 24.3 Å². The van der Waals surface area contributed by atoms with Gasteiger partial charge in [-0.05, 0) is 58.2 Å². The van der Waals surface area contributed by atoms with E-state index in [0.29, 0.717) is 38.3 Å². The number of ether oxygens (including phenoxy) is 1. The number of amides is 2. The molecule has 0 radical (unpaired) electrons. The number of carbonyl (C=O) groups excluding carboxylic acids is 2. The van der Waals surface area contributed by atoms with Gasteiger partial charge in [0.2, 0.25) is 5.91 Å². The van der Waals surface area contributed by atoms with E-state index < -0.39 is 17.3 Å². The van der Waals surface area contributed by atoms with Crippen LogP contribution >= 0.6 is 0 Å². The number of fused-ring (bicyclic) bond motifs is 1. The highest BCUT2D eigenvalue weighted by Crippen LogP contribution is 2.36. The van der Waals surface area contributed by atoms with Crippen molar-refractivity contribution in [2.45, 2.75) is 63.9 Å². The standard InChI is InChI=1S/C23H30F3N3O3/c1-22(2,3)32-21(31)29-12-9-18-19(29)8-11-28(18)20(30)15-7-10-27(14-15)17-6-4-5-16(13-17)23(24,25)26/h4-6,13,15,18-19H,7-12,14H2,1-3H3. The molecule has 9 heteroatoms. The fourth-order valence-corrected chi connectivity index (χ4v) is 5.12. The topological polar surface area (TPSA) is 53.1 Å². The molecule has 4 rings (SSSR count). The minimum Gasteiger partial charge on any atom is -0.444 e. The molecule has 3 unspecified atom stereocenters. The second kappa shape index (κ2) is 8.15. The van der Waals surface area contributed by atoms with Gasteiger partial charge in [0.25, 0.3) is 0 Å². The number of hydrogen-bond donors (Lipinski definition) is 0. The van der Waals surface area contributed by atoms with E-state index >= 15 is 0 Å². The highest BCUT2D eigenvalue weighted by atomic mass is 19.4. The average Bonchev–Trinajstić information content (AvgIpc) is 3.41. The summed E-state index contributed by atoms with van der Waals surface area (Å²) in [6, 6.07) is 5.22. The summed E-state index contributed by atoms with van der Waals surface area (Å²) < 4.78 is 44.7. The van der Waals surface area contributed by atoms with Crippen LogP contribution in [0.4, 0.5) is 23.7 Å². The Balaban J connectivity index is 1.39. The number of hydrogen-bond acceptors (Lipinski definition) is 4. The van der Waals surface area contributed by atoms with Crippen molar-refractivity contribution < 1.29 is 27.5 Å². The molecular formula is C23H30F3N3O3. The van der Waals surface area contributed by atoms with E-state index in [2.05, 4.69) is 0 Å². The maximum Gasteiger partial charge on any atom is 0.416 e. The maximum atomic E-state index is 13.3. The lowest BCUT2D eigenvalue weighted by atomic mass is 10.1. The largest absolute Gasteiger partial charge is 0.444 e. The van der Waals surface area contributed by atoms with Gasteiger partial charge in [0.15, 0.2) is 0 Å². The van der Waals surface area contributed by atoms with Crippen molar-refractivity contribution in [3.05, 3.63) is 29.8 Å². The van der Waals surface area contributed by atoms with Crippen LogP contribution in [0.25, 0.3) is 0 Å². The Morgan fingerprint density at radius 2 is 1.62 bits per heavy atom. The molecule has 1 aromatic carbocycles. The quantitative estimate of drug-likeness (QED) is 0.676. The molecule has 0 aromatic heterocycles. The number of anilines is 1. The highest BCUT2D eigenvalue weighted by Gasteiger charge is 2.48. The first kappa shape index (κ1) is 22.7. The zero-order valence-electron chi connectivity index (χ0n) is 18.7. The molecule has 176 valence electrons. The minimum absolute atomic E-state index is 0.0161. The van der Waals surface area contributed by atoms with E-state index in [9.17, 15) is 22.8 Å². The van der Waals surface area contributed by atoms with Gasteiger partial charge < -0.3 is 19.4 Å². The lowest BCUT2D eigenvalue weighted by Gasteiger charge is -2.29. The second-order valence-electron chi connectivity index (χ2n) is 9.90. The van der Waals surface area contributed by atoms with Gasteiger partial charge in [-0.1, -0.05) is 6.07 Å². The molecule has 0 bridgehead atoms. The Labute approximate surface area is 186 Å². The van der Waals surface area contributed by atoms with Crippen molar-refractivity contribution in [3.63, 3.8) is 0 Å². The molecule has 0 N–H and O–H groups in total. The summed E-state index contributed by atoms with van der Waals surface area (Å²) in [6.07, 6.45) is -2.67. The first-order valence-electron chi connectivity index (χ1n) is 11.2. The molecule has 6 nitrogen and oxygen atoms in total. The van der Waals surface area contributed by atoms with E-state index in [1.54, 1.807) is 11.0 Å². The predicted octanol–water partition coefficient (Wildman–Crippen LogP) is 4.14. The number of rotatable bonds is 2. The normalized spacial score (nSPS) is 25.9. The third kappa shape index (κ3) is 4.52. The van der Waals surface area contributed by atoms with Crippen LogP contribution in [0.2, 0.25) is 0 Å². The molecule has 3 saturated heterocycles. The maximum absolute atomic E-state index is 13.3. The molecule has 3 fully saturated rings. The molecule has 32 heavy (non-hydrogen) atoms. The van der Waals surface area contributed by atoms with Crippen molar-refractivity contribution in [1.29, 1.82) is 0 Å². The SMILES string of the molecule is CC(C)(C)OC(=O)N1CCC2C1CCN2C(=O)C1CCN(c2cccc(C(F)(F)F)c2)C1. The molecular weight excluding hydrogens is 423 g/mol. The Hall–Kier alpha value is -2.45. The number of alkyl halides is 3. The molecule has 0 saturated carbocycles. The summed E-state index contributed by atoms with van der Waals surface area (Å²) in [5.74, 6) is -0.211. The van der Waals surface area contributed by atoms with Crippen LogP contribution in [0.3, 0.4) is 0 Å². The third-order valence-electron chi connectivity index (χ3n) is 6.56. The molecule has 3 heterocycles. The van der Waals surface area contributed by atoms with Gasteiger partial charge in [-0.2, -0.15) is 13.2 Å². The van der Waals surface area contributed by atoms with Gasteiger partial charge in [0, 0.05) is 31.9 Å². The van der Waals surface area contributed by atoms with Crippen LogP contribution in [0.5, 0.6) is 0 Å². The van der Waals surface area contributed by atoms with Crippen LogP contribution in [-0.4, -0.2) is 65.7 Å². The first-order chi connectivity index (χ1) is 14.9. The van der Waals surface area contributed by atoms with Crippen LogP contribution in [0.1, 0.15) is 45.6 Å². The third-order valence-corrected chi connectivity index (χ3v) is 6.56. The Kier molecular flexibility index (Phi) is 5.79. The van der Waals surface area contributed by atoms with Crippen molar-refractivity contribution in [3.8, 4) is 0 Å². The number of halogens is 3. The minimum atomic E-state index is -4.39. The summed E-state index contributed by atoms with van der Waals surface area (Å²) in [7, 11) is 0. The molecule has 1 aromatic rings. The fourth-order valence-electron chi connectivity index (χ4n) is 5.12. The van der Waals surface area contributed by atoms with E-state index in [0.717, 1.165) is 25.0 Å². The van der Waals surface area contributed by atoms with Gasteiger partial charge in [-0.3, -0.25) is 4.79 Å². The summed E-state index contributed by atoms with van der Waals surface area (Å²) in [4.78, 5) is 31.3. The first-order valence-corrected chi connectivity index (χ1v) is 11.2. The number of nitrogens with zero attached hydrogens (tertiary/aromatic N) is 3. The number of benzene rings is 1. The molecule has 3 aliphatic rings. The lowest BCUT2D eigenvalue weighted by molar-refractivity contribution is -0.137. The Morgan fingerprint density at radius 1 is 0.969 bits per heavy atom. The van der Waals surface area contributed by atoms with Crippen molar-refractivity contribution in [2.75, 3.05) is 31.1 Å². The van der Waals surface area contributed by atoms with Crippen LogP contribution < -0.4 is 4.90 Å². The molecule has 2 amide bonds. The van der Waals surface area contributed by atoms with Crippen molar-refractivity contribution >= 4 is 17.7 Å². The van der Waals surface area contributed by atoms with Gasteiger partial charge in [-0.15, -0.1) is 0 Å². The molecule has 0 aliphatic carbocycles. The molecule has 0 spiro atoms. The predicted molar refractivity (Wildman–Crippen MR) is 113 cm³/mol. The van der Waals surface area contributed by atoms with Gasteiger partial charge in [0.05, 0.1) is 23.6 Å². The van der Waals surface area contributed by atoms with Crippen molar-refractivity contribution in [2.24, 2.45) is 5.92 Å². The van der Waals surface area contributed by atoms with E-state index in [-0.39, 0.29) is 30.0 Å². The summed E-state index contributed by atoms with van der Waals surface area (Å²) in [5, 5.41) is 0. The van der Waals surface area contributed by atoms with Crippen LogP contribution in [0, 0.1) is 5.92 Å². The molecule has 3 aliphatic heterocycles. The summed E-state index contributed by atoms with van der Waals surface area (Å²) in [6.45, 7) is 7.60. The van der Waals surface area contributed by atoms with Gasteiger partial charge in [0.1, 0.15) is 5.60 Å². The van der Waals surface area contributed by atoms with E-state index in [4.69, 9.17) is 4.74 Å². The summed E-state index contributed by atoms with van der Waals surface area (Å²) in [5.41, 5.74) is -0.758. The van der Waals surface area contributed by atoms with Crippen molar-refractivity contribution in [1.82, 2.24) is 9.80 Å². The van der Waals surface area contributed by atoms with Crippen LogP contribution in [-0.2, 0) is 15.7 Å². The smallest absolute Gasteiger partial charge is 0.416 e. The summed E-state index contributed by atoms with van der Waals surface area (Å²) >= 11 is 0. The van der Waals surface area contributed by atoms with Gasteiger partial charge in [-0.25, -0.2) is 4.79 Å². The van der Waals surface area contributed by atoms with Gasteiger partial charge >= 0.3 is 12.3 Å². The Morgan fingerprint density at radius 3 is 2.28 bits per heavy atom. The zero-order valence-corrected chi connectivity index (χ0v) is 18.7. The fraction of sp³-hybridized carbons (Fsp3) is 0.652. The monoisotopic (exact) mass is 453 g/mol. The second-order valence-corrected chi connectivity index (χ2v) is 9.90. The van der Waals surface area contributed by atoms with E-state index in [1.807, 2.05) is 30.6 Å². The molecule has 3 atom stereocenters. The Bertz CT molecular complexity index is 883. The van der Waals surface area contributed by atoms with E-state index in [1.165, 1.54) is 6.07 Å².